The van der Waals surface area contributed by atoms with Crippen molar-refractivity contribution in [1.82, 2.24) is 10.2 Å². The molecule has 0 aliphatic rings. The average Bonchev–Trinajstić information content (AvgIpc) is 3.08. The fourth-order valence-corrected chi connectivity index (χ4v) is 2.11. The summed E-state index contributed by atoms with van der Waals surface area (Å²) in [5.74, 6) is 1.95. The van der Waals surface area contributed by atoms with E-state index in [1.807, 2.05) is 43.3 Å². The SMILES string of the molecule is Cc1ccc(-c2nnc(COc3ccccc3OCCO)o2)cc1. The number of aryl methyl sites for hydroxylation is 1. The number of hydrogen-bond acceptors (Lipinski definition) is 6. The average molecular weight is 326 g/mol. The van der Waals surface area contributed by atoms with E-state index < -0.39 is 0 Å². The first-order chi connectivity index (χ1) is 11.8. The van der Waals surface area contributed by atoms with Crippen LogP contribution in [0.4, 0.5) is 0 Å². The van der Waals surface area contributed by atoms with Crippen molar-refractivity contribution in [3.63, 3.8) is 0 Å². The zero-order chi connectivity index (χ0) is 16.8. The molecule has 0 saturated heterocycles. The number of aliphatic hydroxyl groups excluding tert-OH is 1. The largest absolute Gasteiger partial charge is 0.487 e. The maximum Gasteiger partial charge on any atom is 0.254 e. The van der Waals surface area contributed by atoms with Gasteiger partial charge < -0.3 is 19.0 Å². The first kappa shape index (κ1) is 16.0. The molecule has 0 saturated carbocycles. The van der Waals surface area contributed by atoms with Crippen LogP contribution in [0.25, 0.3) is 11.5 Å². The van der Waals surface area contributed by atoms with Crippen LogP contribution in [0.15, 0.2) is 52.9 Å². The summed E-state index contributed by atoms with van der Waals surface area (Å²) < 4.78 is 16.7. The van der Waals surface area contributed by atoms with Gasteiger partial charge in [0.05, 0.1) is 6.61 Å². The van der Waals surface area contributed by atoms with E-state index in [-0.39, 0.29) is 19.8 Å². The highest BCUT2D eigenvalue weighted by molar-refractivity contribution is 5.52. The van der Waals surface area contributed by atoms with Crippen molar-refractivity contribution < 1.29 is 19.0 Å². The quantitative estimate of drug-likeness (QED) is 0.719. The zero-order valence-corrected chi connectivity index (χ0v) is 13.3. The van der Waals surface area contributed by atoms with Crippen LogP contribution in [0, 0.1) is 6.92 Å². The Morgan fingerprint density at radius 3 is 2.38 bits per heavy atom. The molecule has 24 heavy (non-hydrogen) atoms. The van der Waals surface area contributed by atoms with E-state index in [0.29, 0.717) is 23.3 Å². The molecule has 0 aliphatic carbocycles. The minimum absolute atomic E-state index is 0.0576. The Bertz CT molecular complexity index is 784. The van der Waals surface area contributed by atoms with Gasteiger partial charge in [0.2, 0.25) is 5.89 Å². The molecule has 1 heterocycles. The number of hydrogen-bond donors (Lipinski definition) is 1. The second-order valence-electron chi connectivity index (χ2n) is 5.17. The maximum atomic E-state index is 8.86. The highest BCUT2D eigenvalue weighted by Gasteiger charge is 2.10. The standard InChI is InChI=1S/C18H18N2O4/c1-13-6-8-14(9-7-13)18-20-19-17(24-18)12-23-16-5-3-2-4-15(16)22-11-10-21/h2-9,21H,10-12H2,1H3. The minimum Gasteiger partial charge on any atom is -0.487 e. The highest BCUT2D eigenvalue weighted by atomic mass is 16.5. The third-order valence-corrected chi connectivity index (χ3v) is 3.31. The molecule has 3 aromatic rings. The first-order valence-electron chi connectivity index (χ1n) is 7.61. The first-order valence-corrected chi connectivity index (χ1v) is 7.61. The molecule has 124 valence electrons. The normalized spacial score (nSPS) is 10.6. The Labute approximate surface area is 139 Å². The van der Waals surface area contributed by atoms with Gasteiger partial charge in [-0.05, 0) is 31.2 Å². The van der Waals surface area contributed by atoms with Crippen molar-refractivity contribution in [1.29, 1.82) is 0 Å². The van der Waals surface area contributed by atoms with Crippen molar-refractivity contribution in [2.24, 2.45) is 0 Å². The smallest absolute Gasteiger partial charge is 0.254 e. The van der Waals surface area contributed by atoms with Crippen LogP contribution in [0.5, 0.6) is 11.5 Å². The Morgan fingerprint density at radius 2 is 1.67 bits per heavy atom. The monoisotopic (exact) mass is 326 g/mol. The number of ether oxygens (including phenoxy) is 2. The predicted octanol–water partition coefficient (Wildman–Crippen LogP) is 3.00. The number of rotatable bonds is 7. The van der Waals surface area contributed by atoms with Crippen LogP contribution < -0.4 is 9.47 Å². The minimum atomic E-state index is -0.0576. The highest BCUT2D eigenvalue weighted by Crippen LogP contribution is 2.27. The molecule has 0 amide bonds. The lowest BCUT2D eigenvalue weighted by Gasteiger charge is -2.10. The topological polar surface area (TPSA) is 77.6 Å². The number of aliphatic hydroxyl groups is 1. The molecule has 2 aromatic carbocycles. The number of nitrogens with zero attached hydrogens (tertiary/aromatic N) is 2. The lowest BCUT2D eigenvalue weighted by atomic mass is 10.1. The van der Waals surface area contributed by atoms with Gasteiger partial charge in [0, 0.05) is 5.56 Å². The van der Waals surface area contributed by atoms with Crippen molar-refractivity contribution in [3.05, 3.63) is 60.0 Å². The van der Waals surface area contributed by atoms with Gasteiger partial charge >= 0.3 is 0 Å². The molecule has 0 radical (unpaired) electrons. The lowest BCUT2D eigenvalue weighted by Crippen LogP contribution is -2.04. The molecule has 1 N–H and O–H groups in total. The fourth-order valence-electron chi connectivity index (χ4n) is 2.11. The zero-order valence-electron chi connectivity index (χ0n) is 13.3. The van der Waals surface area contributed by atoms with Gasteiger partial charge in [0.25, 0.3) is 5.89 Å². The van der Waals surface area contributed by atoms with Crippen LogP contribution in [-0.4, -0.2) is 28.5 Å². The van der Waals surface area contributed by atoms with Crippen LogP contribution in [0.3, 0.4) is 0 Å². The van der Waals surface area contributed by atoms with E-state index in [2.05, 4.69) is 10.2 Å². The Morgan fingerprint density at radius 1 is 0.958 bits per heavy atom. The molecule has 0 aliphatic heterocycles. The van der Waals surface area contributed by atoms with Crippen LogP contribution in [-0.2, 0) is 6.61 Å². The second-order valence-corrected chi connectivity index (χ2v) is 5.17. The molecular formula is C18H18N2O4. The molecule has 6 heteroatoms. The van der Waals surface area contributed by atoms with Gasteiger partial charge in [-0.3, -0.25) is 0 Å². The van der Waals surface area contributed by atoms with Crippen molar-refractivity contribution in [2.75, 3.05) is 13.2 Å². The van der Waals surface area contributed by atoms with Gasteiger partial charge in [0.1, 0.15) is 6.61 Å². The summed E-state index contributed by atoms with van der Waals surface area (Å²) in [4.78, 5) is 0. The Kier molecular flexibility index (Phi) is 5.08. The van der Waals surface area contributed by atoms with E-state index in [0.717, 1.165) is 5.56 Å². The molecule has 0 bridgehead atoms. The predicted molar refractivity (Wildman–Crippen MR) is 87.8 cm³/mol. The summed E-state index contributed by atoms with van der Waals surface area (Å²) in [6, 6.07) is 15.1. The summed E-state index contributed by atoms with van der Waals surface area (Å²) in [5.41, 5.74) is 2.03. The van der Waals surface area contributed by atoms with Gasteiger partial charge in [-0.15, -0.1) is 10.2 Å². The van der Waals surface area contributed by atoms with Gasteiger partial charge in [-0.1, -0.05) is 29.8 Å². The van der Waals surface area contributed by atoms with Gasteiger partial charge in [0.15, 0.2) is 18.1 Å². The summed E-state index contributed by atoms with van der Waals surface area (Å²) in [7, 11) is 0. The maximum absolute atomic E-state index is 8.86. The molecule has 3 rings (SSSR count). The summed E-state index contributed by atoms with van der Waals surface area (Å²) in [6.45, 7) is 2.31. The number of aromatic nitrogens is 2. The van der Waals surface area contributed by atoms with Gasteiger partial charge in [-0.2, -0.15) is 0 Å². The van der Waals surface area contributed by atoms with Gasteiger partial charge in [-0.25, -0.2) is 0 Å². The van der Waals surface area contributed by atoms with Crippen molar-refractivity contribution in [3.8, 4) is 23.0 Å². The number of benzene rings is 2. The van der Waals surface area contributed by atoms with Crippen LogP contribution >= 0.6 is 0 Å². The molecular weight excluding hydrogens is 308 g/mol. The summed E-state index contributed by atoms with van der Waals surface area (Å²) >= 11 is 0. The van der Waals surface area contributed by atoms with Crippen molar-refractivity contribution >= 4 is 0 Å². The molecule has 0 unspecified atom stereocenters. The summed E-state index contributed by atoms with van der Waals surface area (Å²) in [6.07, 6.45) is 0. The van der Waals surface area contributed by atoms with E-state index in [1.54, 1.807) is 12.1 Å². The molecule has 0 atom stereocenters. The molecule has 6 nitrogen and oxygen atoms in total. The van der Waals surface area contributed by atoms with E-state index in [4.69, 9.17) is 19.0 Å². The van der Waals surface area contributed by atoms with Crippen molar-refractivity contribution in [2.45, 2.75) is 13.5 Å². The summed E-state index contributed by atoms with van der Waals surface area (Å²) in [5, 5.41) is 16.9. The molecule has 1 aromatic heterocycles. The third kappa shape index (κ3) is 3.91. The Balaban J connectivity index is 1.66. The number of para-hydroxylation sites is 2. The van der Waals surface area contributed by atoms with E-state index in [1.165, 1.54) is 5.56 Å². The lowest BCUT2D eigenvalue weighted by molar-refractivity contribution is 0.189. The van der Waals surface area contributed by atoms with E-state index in [9.17, 15) is 0 Å². The van der Waals surface area contributed by atoms with Crippen LogP contribution in [0.1, 0.15) is 11.5 Å². The molecule has 0 spiro atoms. The van der Waals surface area contributed by atoms with E-state index >= 15 is 0 Å². The van der Waals surface area contributed by atoms with Crippen LogP contribution in [0.2, 0.25) is 0 Å². The third-order valence-electron chi connectivity index (χ3n) is 3.31. The molecule has 0 fully saturated rings. The second kappa shape index (κ2) is 7.61. The Hall–Kier alpha value is -2.86. The fraction of sp³-hybridized carbons (Fsp3) is 0.222.